The predicted molar refractivity (Wildman–Crippen MR) is 153 cm³/mol. The molecular formula is C31H36FN3O4S. The largest absolute Gasteiger partial charge is 0.372 e. The molecule has 7 nitrogen and oxygen atoms in total. The highest BCUT2D eigenvalue weighted by molar-refractivity contribution is 7.89. The monoisotopic (exact) mass is 565 g/mol. The molecule has 2 heterocycles. The lowest BCUT2D eigenvalue weighted by molar-refractivity contribution is -0.139. The maximum Gasteiger partial charge on any atom is 0.243 e. The Morgan fingerprint density at radius 2 is 1.73 bits per heavy atom. The van der Waals surface area contributed by atoms with E-state index >= 15 is 0 Å². The Morgan fingerprint density at radius 1 is 1.02 bits per heavy atom. The molecule has 0 unspecified atom stereocenters. The van der Waals surface area contributed by atoms with Gasteiger partial charge in [0.1, 0.15) is 5.82 Å². The Labute approximate surface area is 236 Å². The number of anilines is 1. The Hall–Kier alpha value is -3.11. The van der Waals surface area contributed by atoms with Gasteiger partial charge in [-0.1, -0.05) is 54.1 Å². The number of ether oxygens (including phenoxy) is 1. The second-order valence-corrected chi connectivity index (χ2v) is 12.9. The first kappa shape index (κ1) is 28.4. The first-order valence-corrected chi connectivity index (χ1v) is 15.1. The fourth-order valence-corrected chi connectivity index (χ4v) is 7.22. The number of sulfonamides is 1. The molecule has 2 aliphatic rings. The molecule has 40 heavy (non-hydrogen) atoms. The van der Waals surface area contributed by atoms with Gasteiger partial charge in [-0.3, -0.25) is 9.69 Å². The minimum atomic E-state index is -3.75. The van der Waals surface area contributed by atoms with Gasteiger partial charge < -0.3 is 10.1 Å². The molecule has 1 spiro atoms. The number of piperidine rings is 1. The molecule has 0 bridgehead atoms. The van der Waals surface area contributed by atoms with E-state index in [0.717, 1.165) is 16.7 Å². The van der Waals surface area contributed by atoms with Crippen LogP contribution in [0.1, 0.15) is 29.5 Å². The standard InChI is InChI=1S/C31H36FN3O4S/c1-23-8-12-28(13-9-23)40(37,38)35-22-31(39-21-27(35)18-25-6-4-3-5-7-25)14-16-34(17-15-31)20-30(36)33-29-19-26(32)11-10-24(29)2/h3-13,19,27H,14-18,20-22H2,1-2H3,(H,33,36)/t27-/m1/s1. The molecule has 212 valence electrons. The number of benzene rings is 3. The summed E-state index contributed by atoms with van der Waals surface area (Å²) in [4.78, 5) is 15.0. The summed E-state index contributed by atoms with van der Waals surface area (Å²) in [6.07, 6.45) is 1.78. The number of amides is 1. The zero-order valence-electron chi connectivity index (χ0n) is 23.0. The second kappa shape index (κ2) is 11.8. The van der Waals surface area contributed by atoms with Crippen molar-refractivity contribution in [3.63, 3.8) is 0 Å². The molecule has 2 saturated heterocycles. The molecule has 1 atom stereocenters. The average Bonchev–Trinajstić information content (AvgIpc) is 2.94. The lowest BCUT2D eigenvalue weighted by Crippen LogP contribution is -2.62. The first-order valence-electron chi connectivity index (χ1n) is 13.7. The van der Waals surface area contributed by atoms with E-state index in [9.17, 15) is 17.6 Å². The number of carbonyl (C=O) groups excluding carboxylic acids is 1. The zero-order valence-corrected chi connectivity index (χ0v) is 23.8. The van der Waals surface area contributed by atoms with Crippen LogP contribution >= 0.6 is 0 Å². The number of carbonyl (C=O) groups is 1. The first-order chi connectivity index (χ1) is 19.1. The average molecular weight is 566 g/mol. The van der Waals surface area contributed by atoms with Gasteiger partial charge in [0, 0.05) is 25.3 Å². The number of halogens is 1. The van der Waals surface area contributed by atoms with E-state index in [4.69, 9.17) is 4.74 Å². The smallest absolute Gasteiger partial charge is 0.243 e. The Balaban J connectivity index is 1.28. The summed E-state index contributed by atoms with van der Waals surface area (Å²) in [5.74, 6) is -0.605. The van der Waals surface area contributed by atoms with E-state index in [1.165, 1.54) is 12.1 Å². The van der Waals surface area contributed by atoms with Crippen LogP contribution in [0, 0.1) is 19.7 Å². The zero-order chi connectivity index (χ0) is 28.3. The molecular weight excluding hydrogens is 529 g/mol. The van der Waals surface area contributed by atoms with Crippen LogP contribution in [0.25, 0.3) is 0 Å². The maximum absolute atomic E-state index is 13.9. The van der Waals surface area contributed by atoms with Crippen LogP contribution in [0.3, 0.4) is 0 Å². The molecule has 1 amide bonds. The number of hydrogen-bond donors (Lipinski definition) is 1. The van der Waals surface area contributed by atoms with Gasteiger partial charge in [0.2, 0.25) is 15.9 Å². The number of likely N-dealkylation sites (tertiary alicyclic amines) is 1. The van der Waals surface area contributed by atoms with E-state index < -0.39 is 21.4 Å². The third-order valence-corrected chi connectivity index (χ3v) is 9.90. The molecule has 2 aliphatic heterocycles. The van der Waals surface area contributed by atoms with Gasteiger partial charge in [0.25, 0.3) is 0 Å². The van der Waals surface area contributed by atoms with E-state index in [1.54, 1.807) is 22.5 Å². The number of aryl methyl sites for hydroxylation is 2. The molecule has 1 N–H and O–H groups in total. The number of morpholine rings is 1. The molecule has 2 fully saturated rings. The third kappa shape index (κ3) is 6.44. The normalized spacial score (nSPS) is 19.9. The van der Waals surface area contributed by atoms with Crippen LogP contribution in [0.4, 0.5) is 10.1 Å². The van der Waals surface area contributed by atoms with Gasteiger partial charge in [-0.05, 0) is 68.5 Å². The van der Waals surface area contributed by atoms with Crippen molar-refractivity contribution in [1.29, 1.82) is 0 Å². The summed E-state index contributed by atoms with van der Waals surface area (Å²) in [7, 11) is -3.75. The molecule has 5 rings (SSSR count). The van der Waals surface area contributed by atoms with Crippen molar-refractivity contribution >= 4 is 21.6 Å². The van der Waals surface area contributed by atoms with Crippen molar-refractivity contribution in [2.75, 3.05) is 38.1 Å². The third-order valence-electron chi connectivity index (χ3n) is 7.98. The van der Waals surface area contributed by atoms with E-state index in [1.807, 2.05) is 61.2 Å². The van der Waals surface area contributed by atoms with Gasteiger partial charge >= 0.3 is 0 Å². The molecule has 0 aromatic heterocycles. The summed E-state index contributed by atoms with van der Waals surface area (Å²) >= 11 is 0. The maximum atomic E-state index is 13.9. The van der Waals surface area contributed by atoms with Crippen LogP contribution in [0.2, 0.25) is 0 Å². The minimum absolute atomic E-state index is 0.175. The van der Waals surface area contributed by atoms with Crippen LogP contribution in [0.15, 0.2) is 77.7 Å². The van der Waals surface area contributed by atoms with Crippen LogP contribution in [-0.4, -0.2) is 68.0 Å². The number of rotatable bonds is 7. The topological polar surface area (TPSA) is 79.0 Å². The van der Waals surface area contributed by atoms with Crippen molar-refractivity contribution in [1.82, 2.24) is 9.21 Å². The van der Waals surface area contributed by atoms with Crippen LogP contribution in [-0.2, 0) is 26.0 Å². The highest BCUT2D eigenvalue weighted by atomic mass is 32.2. The molecule has 0 aliphatic carbocycles. The SMILES string of the molecule is Cc1ccc(S(=O)(=O)N2CC3(CCN(CC(=O)Nc4cc(F)ccc4C)CC3)OC[C@H]2Cc2ccccc2)cc1. The summed E-state index contributed by atoms with van der Waals surface area (Å²) < 4.78 is 49.6. The molecule has 0 radical (unpaired) electrons. The molecule has 3 aromatic rings. The summed E-state index contributed by atoms with van der Waals surface area (Å²) in [5.41, 5.74) is 2.71. The summed E-state index contributed by atoms with van der Waals surface area (Å²) in [6.45, 7) is 5.69. The summed E-state index contributed by atoms with van der Waals surface area (Å²) in [6, 6.07) is 20.9. The highest BCUT2D eigenvalue weighted by Crippen LogP contribution is 2.36. The fraction of sp³-hybridized carbons (Fsp3) is 0.387. The van der Waals surface area contributed by atoms with Gasteiger partial charge in [-0.2, -0.15) is 4.31 Å². The quantitative estimate of drug-likeness (QED) is 0.455. The number of hydrogen-bond acceptors (Lipinski definition) is 5. The van der Waals surface area contributed by atoms with Gasteiger partial charge in [0.05, 0.1) is 29.7 Å². The van der Waals surface area contributed by atoms with Crippen molar-refractivity contribution in [3.8, 4) is 0 Å². The van der Waals surface area contributed by atoms with Gasteiger partial charge in [0.15, 0.2) is 0 Å². The molecule has 3 aromatic carbocycles. The van der Waals surface area contributed by atoms with Gasteiger partial charge in [-0.15, -0.1) is 0 Å². The van der Waals surface area contributed by atoms with Crippen molar-refractivity contribution in [2.45, 2.75) is 49.6 Å². The lowest BCUT2D eigenvalue weighted by Gasteiger charge is -2.49. The van der Waals surface area contributed by atoms with Crippen molar-refractivity contribution in [3.05, 3.63) is 95.3 Å². The second-order valence-electron chi connectivity index (χ2n) is 11.0. The lowest BCUT2D eigenvalue weighted by atomic mass is 9.88. The fourth-order valence-electron chi connectivity index (χ4n) is 5.53. The predicted octanol–water partition coefficient (Wildman–Crippen LogP) is 4.55. The highest BCUT2D eigenvalue weighted by Gasteiger charge is 2.47. The van der Waals surface area contributed by atoms with Crippen molar-refractivity contribution in [2.24, 2.45) is 0 Å². The van der Waals surface area contributed by atoms with E-state index in [-0.39, 0.29) is 29.9 Å². The minimum Gasteiger partial charge on any atom is -0.372 e. The van der Waals surface area contributed by atoms with E-state index in [2.05, 4.69) is 5.32 Å². The Morgan fingerprint density at radius 3 is 2.42 bits per heavy atom. The van der Waals surface area contributed by atoms with E-state index in [0.29, 0.717) is 44.6 Å². The Kier molecular flexibility index (Phi) is 8.37. The van der Waals surface area contributed by atoms with Gasteiger partial charge in [-0.25, -0.2) is 12.8 Å². The van der Waals surface area contributed by atoms with Crippen LogP contribution < -0.4 is 5.32 Å². The van der Waals surface area contributed by atoms with Crippen LogP contribution in [0.5, 0.6) is 0 Å². The number of nitrogens with one attached hydrogen (secondary N) is 1. The Bertz CT molecular complexity index is 1440. The molecule has 0 saturated carbocycles. The van der Waals surface area contributed by atoms with Crippen molar-refractivity contribution < 1.29 is 22.3 Å². The summed E-state index contributed by atoms with van der Waals surface area (Å²) in [5, 5.41) is 2.81. The molecule has 9 heteroatoms. The number of nitrogens with zero attached hydrogens (tertiary/aromatic N) is 2.